The Bertz CT molecular complexity index is 6120. The molecule has 4 aliphatic heterocycles. The molecule has 29 nitrogen and oxygen atoms in total. The number of Topliss-reactive ketones (excluding diaryl/α,β-unsaturated/α-hetero) is 1. The topological polar surface area (TPSA) is 420 Å². The zero-order valence-electron chi connectivity index (χ0n) is 79.0. The molecule has 5 amide bonds. The van der Waals surface area contributed by atoms with Crippen LogP contribution in [0.25, 0.3) is 5.57 Å². The summed E-state index contributed by atoms with van der Waals surface area (Å²) in [5.74, 6) is -2.53. The van der Waals surface area contributed by atoms with E-state index in [1.165, 1.54) is 63.6 Å². The van der Waals surface area contributed by atoms with Gasteiger partial charge in [0.1, 0.15) is 53.7 Å². The molecule has 3 unspecified atom stereocenters. The quantitative estimate of drug-likeness (QED) is 0.0229. The molecule has 7 aromatic carbocycles. The average Bonchev–Trinajstić information content (AvgIpc) is 1.54. The molecule has 758 valence electrons. The van der Waals surface area contributed by atoms with Gasteiger partial charge in [0, 0.05) is 122 Å². The molecule has 2 aliphatic carbocycles. The molecule has 3 atom stereocenters. The number of aromatic nitrogens is 4. The van der Waals surface area contributed by atoms with E-state index in [1.807, 2.05) is 191 Å². The van der Waals surface area contributed by atoms with Crippen LogP contribution >= 0.6 is 136 Å². The lowest BCUT2D eigenvalue weighted by Gasteiger charge is -2.38. The fourth-order valence-corrected chi connectivity index (χ4v) is 18.3. The molecule has 142 heavy (non-hydrogen) atoms. The first-order valence-corrected chi connectivity index (χ1v) is 49.8. The molecule has 1 saturated carbocycles. The van der Waals surface area contributed by atoms with Gasteiger partial charge in [-0.15, -0.1) is 0 Å². The summed E-state index contributed by atoms with van der Waals surface area (Å²) in [5.41, 5.74) is 24.9. The van der Waals surface area contributed by atoms with Gasteiger partial charge >= 0.3 is 17.9 Å². The normalized spacial score (nSPS) is 17.1. The SMILES string of the molecule is C.C.C.C.C.CC1(C)CN(c2ccc(I)cc2)C(=O)C(C#N)C1=O.CC1(C)CN(c2ccc(I)cc2)C(=O)c2c(N)ncnc21.COC(=O)C(C)(C)CN(C(=O)CC#N)c1ccc(I)cc1.COC(=O)C(C)(C)CNc1ccc(I)cc1.COC(=O)C1CC12CC=C(c1ccc(N3CC(C)(C)c4ncnc(N)c4C3=O)cc1)CC2.COC1=C(C#N)C(=O)N(c2ccc(I)cc2)CC1(C)C.Nc1ccc(I)cc1. The maximum Gasteiger partial charge on any atom is 0.313 e. The van der Waals surface area contributed by atoms with Crippen molar-refractivity contribution >= 4 is 246 Å². The minimum Gasteiger partial charge on any atom is -0.499 e. The number of hydrogen-bond donors (Lipinski definition) is 4. The second kappa shape index (κ2) is 53.3. The van der Waals surface area contributed by atoms with Crippen molar-refractivity contribution in [3.8, 4) is 18.2 Å². The van der Waals surface area contributed by atoms with E-state index >= 15 is 0 Å². The Hall–Kier alpha value is -10.5. The van der Waals surface area contributed by atoms with E-state index in [9.17, 15) is 48.4 Å². The van der Waals surface area contributed by atoms with E-state index in [0.29, 0.717) is 61.0 Å². The zero-order valence-corrected chi connectivity index (χ0v) is 91.9. The summed E-state index contributed by atoms with van der Waals surface area (Å²) in [6.45, 7) is 25.4. The summed E-state index contributed by atoms with van der Waals surface area (Å²) < 4.78 is 26.5. The molecular formula is C107H130I6N16O13. The predicted molar refractivity (Wildman–Crippen MR) is 615 cm³/mol. The van der Waals surface area contributed by atoms with E-state index in [-0.39, 0.29) is 131 Å². The summed E-state index contributed by atoms with van der Waals surface area (Å²) in [6, 6.07) is 59.9. The molecule has 9 aromatic rings. The Balaban J connectivity index is 0.000000352. The molecule has 1 spiro atoms. The van der Waals surface area contributed by atoms with Gasteiger partial charge in [-0.25, -0.2) is 19.9 Å². The van der Waals surface area contributed by atoms with Gasteiger partial charge in [0.25, 0.3) is 23.6 Å². The number of nitrogens with zero attached hydrogens (tertiary/aromatic N) is 12. The number of nitriles is 3. The van der Waals surface area contributed by atoms with Gasteiger partial charge in [-0.2, -0.15) is 15.8 Å². The fraction of sp³-hybridized carbons (Fsp3) is 0.383. The molecule has 0 bridgehead atoms. The van der Waals surface area contributed by atoms with Crippen molar-refractivity contribution in [2.45, 2.75) is 163 Å². The summed E-state index contributed by atoms with van der Waals surface area (Å²) in [7, 11) is 5.70. The lowest BCUT2D eigenvalue weighted by molar-refractivity contribution is -0.150. The van der Waals surface area contributed by atoms with Crippen molar-refractivity contribution in [1.29, 1.82) is 15.8 Å². The summed E-state index contributed by atoms with van der Waals surface area (Å²) >= 11 is 13.3. The number of esters is 3. The number of piperidine rings is 1. The van der Waals surface area contributed by atoms with Gasteiger partial charge in [-0.3, -0.25) is 43.2 Å². The van der Waals surface area contributed by atoms with Crippen LogP contribution in [-0.2, 0) is 63.3 Å². The molecule has 0 radical (unpaired) electrons. The van der Waals surface area contributed by atoms with Crippen LogP contribution in [0, 0.1) is 94.3 Å². The second-order valence-corrected chi connectivity index (χ2v) is 44.5. The number of nitrogens with two attached hydrogens (primary N) is 3. The molecule has 35 heteroatoms. The first kappa shape index (κ1) is 124. The number of ether oxygens (including phenoxy) is 4. The van der Waals surface area contributed by atoms with Crippen molar-refractivity contribution < 1.29 is 62.1 Å². The monoisotopic (exact) mass is 2610 g/mol. The smallest absolute Gasteiger partial charge is 0.313 e. The molecule has 2 aromatic heterocycles. The number of nitrogens with one attached hydrogen (secondary N) is 1. The molecule has 1 saturated heterocycles. The number of methoxy groups -OCH3 is 4. The highest BCUT2D eigenvalue weighted by molar-refractivity contribution is 14.1. The first-order chi connectivity index (χ1) is 64.5. The van der Waals surface area contributed by atoms with E-state index < -0.39 is 39.5 Å². The van der Waals surface area contributed by atoms with Crippen molar-refractivity contribution in [2.75, 3.05) is 115 Å². The molecular weight excluding hydrogens is 2480 g/mol. The standard InChI is InChI=1S/C25H28N4O3.C15H15IN4O.C15H17IN2O3.C15H15IN2O2.C14H13IN2O2.C12H16INO2.C6H6IN.5CH4/c1-24(2)13-29(22(30)19-20(24)27-14-28-21(19)26)17-6-4-15(5-7-17)16-8-10-25(11-9-16)12-18(25)23(31)32-3;1-15(2)7-20(10-5-3-9(16)4-6-10)14(21)11-12(15)18-8-19-13(11)17;1-15(2,14(20)21-3)10-18(13(19)8-9-17)12-6-4-11(16)5-7-12;1-15(2)9-18(11-6-4-10(16)5-7-11)14(19)12(8-17)13(15)20-3;1-14(2)8-17(10-5-3-9(15)4-6-10)13(19)11(7-16)12(14)18;1-12(2,11(15)16-3)8-14-10-6-4-9(13)5-7-10;7-5-1-3-6(8)4-2-5;;;;;/h4-8,14,18H,9-13H2,1-3H3,(H2,26,27,28);3-6,8H,7H2,1-2H3,(H2,17,18,19);4-7H,8,10H2,1-3H3;4-7H,9H2,1-3H3;3-6,11H,8H2,1-2H3;4-7,14H,8H2,1-3H3;1-4H,8H2;5*1H4. The largest absolute Gasteiger partial charge is 0.499 e. The van der Waals surface area contributed by atoms with E-state index in [1.54, 1.807) is 54.5 Å². The maximum atomic E-state index is 13.2. The predicted octanol–water partition coefficient (Wildman–Crippen LogP) is 22.5. The molecule has 7 N–H and O–H groups in total. The second-order valence-electron chi connectivity index (χ2n) is 37.1. The van der Waals surface area contributed by atoms with Crippen molar-refractivity contribution in [1.82, 2.24) is 19.9 Å². The number of fused-ring (bicyclic) bond motifs is 2. The third-order valence-electron chi connectivity index (χ3n) is 23.8. The lowest BCUT2D eigenvalue weighted by atomic mass is 9.77. The van der Waals surface area contributed by atoms with Crippen molar-refractivity contribution in [3.05, 3.63) is 249 Å². The van der Waals surface area contributed by atoms with Crippen LogP contribution < -0.4 is 47.0 Å². The lowest BCUT2D eigenvalue weighted by Crippen LogP contribution is -2.54. The third-order valence-corrected chi connectivity index (χ3v) is 28.1. The fourth-order valence-electron chi connectivity index (χ4n) is 16.1. The zero-order chi connectivity index (χ0) is 101. The number of benzene rings is 7. The van der Waals surface area contributed by atoms with Crippen LogP contribution in [0.1, 0.15) is 190 Å². The molecule has 6 aliphatic rings. The Kier molecular flexibility index (Phi) is 46.5. The van der Waals surface area contributed by atoms with Crippen LogP contribution in [0.5, 0.6) is 0 Å². The van der Waals surface area contributed by atoms with Gasteiger partial charge < -0.3 is 66.0 Å². The number of halogens is 6. The Labute approximate surface area is 918 Å². The van der Waals surface area contributed by atoms with Gasteiger partial charge in [0.2, 0.25) is 5.91 Å². The van der Waals surface area contributed by atoms with E-state index in [4.69, 9.17) is 46.7 Å². The summed E-state index contributed by atoms with van der Waals surface area (Å²) in [5, 5.41) is 30.3. The Morgan fingerprint density at radius 2 is 0.887 bits per heavy atom. The van der Waals surface area contributed by atoms with Gasteiger partial charge in [-0.05, 0) is 363 Å². The molecule has 6 heterocycles. The van der Waals surface area contributed by atoms with Gasteiger partial charge in [0.05, 0.1) is 68.7 Å². The number of carbonyl (C=O) groups is 9. The summed E-state index contributed by atoms with van der Waals surface area (Å²) in [6.07, 6.45) is 8.68. The number of hydrogen-bond acceptors (Lipinski definition) is 24. The van der Waals surface area contributed by atoms with Gasteiger partial charge in [-0.1, -0.05) is 111 Å². The Morgan fingerprint density at radius 1 is 0.500 bits per heavy atom. The van der Waals surface area contributed by atoms with Gasteiger partial charge in [0.15, 0.2) is 17.3 Å². The van der Waals surface area contributed by atoms with Crippen LogP contribution in [0.15, 0.2) is 200 Å². The maximum absolute atomic E-state index is 13.2. The molecule has 2 fully saturated rings. The summed E-state index contributed by atoms with van der Waals surface area (Å²) in [4.78, 5) is 135. The van der Waals surface area contributed by atoms with Crippen molar-refractivity contribution in [2.24, 2.45) is 38.9 Å². The number of rotatable bonds is 16. The number of amides is 5. The molecule has 15 rings (SSSR count). The number of ketones is 1. The highest BCUT2D eigenvalue weighted by Gasteiger charge is 2.58. The average molecular weight is 2610 g/mol. The minimum absolute atomic E-state index is 0. The highest BCUT2D eigenvalue weighted by atomic mass is 127. The first-order valence-electron chi connectivity index (χ1n) is 43.3. The van der Waals surface area contributed by atoms with Crippen LogP contribution in [0.2, 0.25) is 0 Å². The third kappa shape index (κ3) is 31.0. The highest BCUT2D eigenvalue weighted by Crippen LogP contribution is 2.62. The van der Waals surface area contributed by atoms with Crippen LogP contribution in [0.4, 0.5) is 51.4 Å². The number of allylic oxidation sites excluding steroid dienone is 2. The van der Waals surface area contributed by atoms with E-state index in [2.05, 4.69) is 207 Å². The van der Waals surface area contributed by atoms with Crippen LogP contribution in [0.3, 0.4) is 0 Å². The van der Waals surface area contributed by atoms with Crippen LogP contribution in [-0.4, -0.2) is 141 Å². The number of nitrogen functional groups attached to an aromatic ring is 3. The number of anilines is 9. The Morgan fingerprint density at radius 3 is 1.27 bits per heavy atom. The minimum atomic E-state index is -1.19. The van der Waals surface area contributed by atoms with Crippen molar-refractivity contribution in [3.63, 3.8) is 0 Å². The van der Waals surface area contributed by atoms with E-state index in [0.717, 1.165) is 85.3 Å². The number of carbonyl (C=O) groups excluding carboxylic acids is 9.